The van der Waals surface area contributed by atoms with Gasteiger partial charge in [-0.1, -0.05) is 48.0 Å². The maximum atomic E-state index is 12.1. The molecule has 0 saturated heterocycles. The van der Waals surface area contributed by atoms with E-state index in [2.05, 4.69) is 27.8 Å². The first-order valence-electron chi connectivity index (χ1n) is 8.43. The van der Waals surface area contributed by atoms with Crippen molar-refractivity contribution in [3.63, 3.8) is 0 Å². The number of halogens is 1. The second kappa shape index (κ2) is 8.54. The van der Waals surface area contributed by atoms with Crippen molar-refractivity contribution in [2.75, 3.05) is 0 Å². The van der Waals surface area contributed by atoms with Crippen LogP contribution >= 0.6 is 11.6 Å². The molecular weight excluding hydrogens is 348 g/mol. The molecule has 0 aliphatic carbocycles. The van der Waals surface area contributed by atoms with Gasteiger partial charge in [-0.2, -0.15) is 0 Å². The Balaban J connectivity index is 1.48. The van der Waals surface area contributed by atoms with E-state index in [-0.39, 0.29) is 12.1 Å². The molecule has 6 heteroatoms. The Bertz CT molecular complexity index is 847. The van der Waals surface area contributed by atoms with E-state index in [9.17, 15) is 4.79 Å². The molecule has 3 aromatic rings. The molecule has 0 radical (unpaired) electrons. The van der Waals surface area contributed by atoms with Gasteiger partial charge in [-0.05, 0) is 35.7 Å². The van der Waals surface area contributed by atoms with Gasteiger partial charge in [0.1, 0.15) is 0 Å². The fraction of sp³-hybridized carbons (Fsp3) is 0.200. The standard InChI is InChI=1S/C20H21ClN4O/c1-15(18-3-2-4-19(21)11-18)24-20(26)23-12-16-5-7-17(8-6-16)13-25-10-9-22-14-25/h2-11,14-15H,12-13H2,1H3,(H2,23,24,26). The molecule has 2 amide bonds. The van der Waals surface area contributed by atoms with Crippen LogP contribution in [0.4, 0.5) is 4.79 Å². The van der Waals surface area contributed by atoms with Gasteiger partial charge in [0.15, 0.2) is 0 Å². The third kappa shape index (κ3) is 5.10. The molecule has 0 aliphatic heterocycles. The summed E-state index contributed by atoms with van der Waals surface area (Å²) in [4.78, 5) is 16.1. The SMILES string of the molecule is CC(NC(=O)NCc1ccc(Cn2ccnc2)cc1)c1cccc(Cl)c1. The number of carbonyl (C=O) groups is 1. The third-order valence-corrected chi connectivity index (χ3v) is 4.33. The van der Waals surface area contributed by atoms with Crippen LogP contribution in [-0.2, 0) is 13.1 Å². The number of hydrogen-bond donors (Lipinski definition) is 2. The van der Waals surface area contributed by atoms with Crippen LogP contribution in [0, 0.1) is 0 Å². The Hall–Kier alpha value is -2.79. The van der Waals surface area contributed by atoms with E-state index >= 15 is 0 Å². The zero-order chi connectivity index (χ0) is 18.4. The van der Waals surface area contributed by atoms with Crippen LogP contribution in [0.25, 0.3) is 0 Å². The van der Waals surface area contributed by atoms with Crippen molar-refractivity contribution in [1.82, 2.24) is 20.2 Å². The largest absolute Gasteiger partial charge is 0.334 e. The zero-order valence-corrected chi connectivity index (χ0v) is 15.3. The molecule has 5 nitrogen and oxygen atoms in total. The van der Waals surface area contributed by atoms with Crippen LogP contribution in [0.2, 0.25) is 5.02 Å². The number of hydrogen-bond acceptors (Lipinski definition) is 2. The summed E-state index contributed by atoms with van der Waals surface area (Å²) in [6.07, 6.45) is 5.49. The van der Waals surface area contributed by atoms with Crippen molar-refractivity contribution in [3.8, 4) is 0 Å². The monoisotopic (exact) mass is 368 g/mol. The predicted molar refractivity (Wildman–Crippen MR) is 103 cm³/mol. The first kappa shape index (κ1) is 18.0. The van der Waals surface area contributed by atoms with Crippen molar-refractivity contribution in [2.24, 2.45) is 0 Å². The molecule has 0 spiro atoms. The predicted octanol–water partition coefficient (Wildman–Crippen LogP) is 4.15. The lowest BCUT2D eigenvalue weighted by Gasteiger charge is -2.15. The average Bonchev–Trinajstić information content (AvgIpc) is 3.14. The number of aromatic nitrogens is 2. The molecule has 1 atom stereocenters. The Morgan fingerprint density at radius 1 is 1.19 bits per heavy atom. The number of nitrogens with zero attached hydrogens (tertiary/aromatic N) is 2. The van der Waals surface area contributed by atoms with Gasteiger partial charge in [-0.15, -0.1) is 0 Å². The van der Waals surface area contributed by atoms with Crippen LogP contribution in [0.5, 0.6) is 0 Å². The minimum Gasteiger partial charge on any atom is -0.334 e. The smallest absolute Gasteiger partial charge is 0.315 e. The van der Waals surface area contributed by atoms with Crippen LogP contribution in [0.1, 0.15) is 29.7 Å². The molecule has 134 valence electrons. The highest BCUT2D eigenvalue weighted by molar-refractivity contribution is 6.30. The normalized spacial score (nSPS) is 11.8. The number of carbonyl (C=O) groups excluding carboxylic acids is 1. The molecule has 3 rings (SSSR count). The molecular formula is C20H21ClN4O. The summed E-state index contributed by atoms with van der Waals surface area (Å²) in [7, 11) is 0. The lowest BCUT2D eigenvalue weighted by Crippen LogP contribution is -2.36. The topological polar surface area (TPSA) is 59.0 Å². The van der Waals surface area contributed by atoms with E-state index in [0.29, 0.717) is 11.6 Å². The summed E-state index contributed by atoms with van der Waals surface area (Å²) in [5, 5.41) is 6.46. The molecule has 1 heterocycles. The lowest BCUT2D eigenvalue weighted by molar-refractivity contribution is 0.237. The van der Waals surface area contributed by atoms with Gasteiger partial charge < -0.3 is 15.2 Å². The Morgan fingerprint density at radius 2 is 1.96 bits per heavy atom. The van der Waals surface area contributed by atoms with E-state index in [4.69, 9.17) is 11.6 Å². The number of imidazole rings is 1. The van der Waals surface area contributed by atoms with E-state index in [1.165, 1.54) is 5.56 Å². The summed E-state index contributed by atoms with van der Waals surface area (Å²) in [6.45, 7) is 3.18. The first-order chi connectivity index (χ1) is 12.6. The average molecular weight is 369 g/mol. The van der Waals surface area contributed by atoms with Crippen molar-refractivity contribution < 1.29 is 4.79 Å². The Kier molecular flexibility index (Phi) is 5.92. The first-order valence-corrected chi connectivity index (χ1v) is 8.81. The van der Waals surface area contributed by atoms with Gasteiger partial charge in [0.25, 0.3) is 0 Å². The van der Waals surface area contributed by atoms with Crippen LogP contribution in [0.15, 0.2) is 67.3 Å². The van der Waals surface area contributed by atoms with Gasteiger partial charge in [0.05, 0.1) is 12.4 Å². The maximum absolute atomic E-state index is 12.1. The minimum absolute atomic E-state index is 0.119. The van der Waals surface area contributed by atoms with E-state index < -0.39 is 0 Å². The Morgan fingerprint density at radius 3 is 2.65 bits per heavy atom. The molecule has 2 N–H and O–H groups in total. The van der Waals surface area contributed by atoms with Gasteiger partial charge in [-0.25, -0.2) is 9.78 Å². The summed E-state index contributed by atoms with van der Waals surface area (Å²) >= 11 is 5.99. The number of rotatable bonds is 6. The molecule has 0 bridgehead atoms. The molecule has 1 unspecified atom stereocenters. The van der Waals surface area contributed by atoms with Crippen LogP contribution in [0.3, 0.4) is 0 Å². The van der Waals surface area contributed by atoms with Gasteiger partial charge in [-0.3, -0.25) is 0 Å². The number of benzene rings is 2. The van der Waals surface area contributed by atoms with E-state index in [1.807, 2.05) is 54.1 Å². The summed E-state index contributed by atoms with van der Waals surface area (Å²) in [5.74, 6) is 0. The highest BCUT2D eigenvalue weighted by Gasteiger charge is 2.09. The minimum atomic E-state index is -0.208. The number of urea groups is 1. The van der Waals surface area contributed by atoms with Gasteiger partial charge >= 0.3 is 6.03 Å². The molecule has 26 heavy (non-hydrogen) atoms. The van der Waals surface area contributed by atoms with Crippen molar-refractivity contribution in [3.05, 3.63) is 89.0 Å². The van der Waals surface area contributed by atoms with Crippen LogP contribution in [-0.4, -0.2) is 15.6 Å². The summed E-state index contributed by atoms with van der Waals surface area (Å²) in [6, 6.07) is 15.3. The highest BCUT2D eigenvalue weighted by atomic mass is 35.5. The third-order valence-electron chi connectivity index (χ3n) is 4.10. The Labute approximate surface area is 158 Å². The van der Waals surface area contributed by atoms with Gasteiger partial charge in [0.2, 0.25) is 0 Å². The van der Waals surface area contributed by atoms with E-state index in [0.717, 1.165) is 17.7 Å². The molecule has 0 aliphatic rings. The second-order valence-corrected chi connectivity index (χ2v) is 6.59. The molecule has 0 fully saturated rings. The molecule has 1 aromatic heterocycles. The van der Waals surface area contributed by atoms with Crippen LogP contribution < -0.4 is 10.6 Å². The lowest BCUT2D eigenvalue weighted by atomic mass is 10.1. The quantitative estimate of drug-likeness (QED) is 0.686. The zero-order valence-electron chi connectivity index (χ0n) is 14.5. The fourth-order valence-electron chi connectivity index (χ4n) is 2.64. The summed E-state index contributed by atoms with van der Waals surface area (Å²) in [5.41, 5.74) is 3.20. The van der Waals surface area contributed by atoms with Crippen molar-refractivity contribution >= 4 is 17.6 Å². The van der Waals surface area contributed by atoms with E-state index in [1.54, 1.807) is 12.5 Å². The van der Waals surface area contributed by atoms with Crippen molar-refractivity contribution in [2.45, 2.75) is 26.1 Å². The highest BCUT2D eigenvalue weighted by Crippen LogP contribution is 2.17. The summed E-state index contributed by atoms with van der Waals surface area (Å²) < 4.78 is 2.01. The van der Waals surface area contributed by atoms with Gasteiger partial charge in [0, 0.05) is 30.5 Å². The molecule has 0 saturated carbocycles. The molecule has 2 aromatic carbocycles. The fourth-order valence-corrected chi connectivity index (χ4v) is 2.84. The van der Waals surface area contributed by atoms with Crippen molar-refractivity contribution in [1.29, 1.82) is 0 Å². The number of amides is 2. The number of nitrogens with one attached hydrogen (secondary N) is 2. The maximum Gasteiger partial charge on any atom is 0.315 e. The second-order valence-electron chi connectivity index (χ2n) is 6.16.